The predicted octanol–water partition coefficient (Wildman–Crippen LogP) is 3.71. The average Bonchev–Trinajstić information content (AvgIpc) is 3.40. The first-order chi connectivity index (χ1) is 18.2. The Hall–Kier alpha value is -3.21. The van der Waals surface area contributed by atoms with Crippen LogP contribution in [0.15, 0.2) is 72.1 Å². The van der Waals surface area contributed by atoms with Gasteiger partial charge in [0.05, 0.1) is 17.0 Å². The van der Waals surface area contributed by atoms with Gasteiger partial charge in [-0.15, -0.1) is 0 Å². The number of carbonyl (C=O) groups excluding carboxylic acids is 2. The second-order valence-corrected chi connectivity index (χ2v) is 11.5. The molecule has 0 heterocycles. The number of amides is 2. The highest BCUT2D eigenvalue weighted by Crippen LogP contribution is 2.28. The van der Waals surface area contributed by atoms with Gasteiger partial charge in [0.2, 0.25) is 15.9 Å². The zero-order valence-electron chi connectivity index (χ0n) is 21.7. The molecule has 0 spiro atoms. The normalized spacial score (nSPS) is 15.6. The quantitative estimate of drug-likeness (QED) is 0.331. The van der Waals surface area contributed by atoms with Crippen LogP contribution in [0.5, 0.6) is 0 Å². The van der Waals surface area contributed by atoms with Gasteiger partial charge in [-0.05, 0) is 55.0 Å². The van der Waals surface area contributed by atoms with Crippen LogP contribution in [-0.2, 0) is 26.0 Å². The summed E-state index contributed by atoms with van der Waals surface area (Å²) >= 11 is 0. The first-order valence-electron chi connectivity index (χ1n) is 12.8. The Morgan fingerprint density at radius 3 is 2.39 bits per heavy atom. The molecule has 2 atom stereocenters. The minimum Gasteiger partial charge on any atom is -0.445 e. The molecule has 38 heavy (non-hydrogen) atoms. The van der Waals surface area contributed by atoms with Gasteiger partial charge >= 0.3 is 6.09 Å². The number of alkyl carbamates (subject to hydrolysis) is 1. The minimum absolute atomic E-state index is 0.0106. The number of hydrogen-bond donors (Lipinski definition) is 3. The summed E-state index contributed by atoms with van der Waals surface area (Å²) in [6.45, 7) is 4.98. The van der Waals surface area contributed by atoms with Crippen LogP contribution in [0.1, 0.15) is 38.2 Å². The first-order valence-corrected chi connectivity index (χ1v) is 14.3. The Kier molecular flexibility index (Phi) is 10.9. The van der Waals surface area contributed by atoms with Crippen molar-refractivity contribution >= 4 is 27.7 Å². The Balaban J connectivity index is 1.84. The zero-order valence-corrected chi connectivity index (χ0v) is 22.5. The third kappa shape index (κ3) is 8.68. The van der Waals surface area contributed by atoms with Crippen molar-refractivity contribution in [2.75, 3.05) is 25.0 Å². The van der Waals surface area contributed by atoms with Crippen molar-refractivity contribution < 1.29 is 27.9 Å². The highest BCUT2D eigenvalue weighted by Gasteiger charge is 2.33. The molecule has 0 aliphatic heterocycles. The largest absolute Gasteiger partial charge is 0.445 e. The number of benzene rings is 2. The summed E-state index contributed by atoms with van der Waals surface area (Å²) in [5, 5.41) is 16.6. The molecule has 1 saturated carbocycles. The Bertz CT molecular complexity index is 1160. The summed E-state index contributed by atoms with van der Waals surface area (Å²) in [7, 11) is -3.97. The highest BCUT2D eigenvalue weighted by molar-refractivity contribution is 7.89. The van der Waals surface area contributed by atoms with Crippen molar-refractivity contribution in [2.45, 2.75) is 56.1 Å². The Morgan fingerprint density at radius 1 is 1.13 bits per heavy atom. The van der Waals surface area contributed by atoms with E-state index in [1.807, 2.05) is 30.3 Å². The van der Waals surface area contributed by atoms with Gasteiger partial charge < -0.3 is 20.5 Å². The molecule has 2 aromatic carbocycles. The molecule has 9 nitrogen and oxygen atoms in total. The number of nitrogens with zero attached hydrogens (tertiary/aromatic N) is 1. The average molecular weight is 544 g/mol. The molecule has 3 rings (SSSR count). The fourth-order valence-corrected chi connectivity index (χ4v) is 6.16. The maximum atomic E-state index is 13.7. The number of aliphatic hydroxyl groups excluding tert-OH is 1. The lowest BCUT2D eigenvalue weighted by molar-refractivity contribution is -0.114. The van der Waals surface area contributed by atoms with Gasteiger partial charge in [-0.1, -0.05) is 55.8 Å². The van der Waals surface area contributed by atoms with Crippen LogP contribution >= 0.6 is 0 Å². The number of rotatable bonds is 13. The van der Waals surface area contributed by atoms with Gasteiger partial charge in [-0.3, -0.25) is 4.79 Å². The minimum atomic E-state index is -3.97. The SMILES string of the molecule is C=CCOC(=O)NC(Cc1ccccc1)[C@@H](O)CN(CC1CCCC1)S(=O)(=O)c1ccc(NC(C)=O)cc1. The van der Waals surface area contributed by atoms with Crippen LogP contribution in [0.4, 0.5) is 10.5 Å². The van der Waals surface area contributed by atoms with Gasteiger partial charge in [0, 0.05) is 25.7 Å². The van der Waals surface area contributed by atoms with Gasteiger partial charge in [0.25, 0.3) is 0 Å². The van der Waals surface area contributed by atoms with Crippen molar-refractivity contribution in [1.29, 1.82) is 0 Å². The summed E-state index contributed by atoms with van der Waals surface area (Å²) in [6.07, 6.45) is 3.72. The number of anilines is 1. The molecule has 0 bridgehead atoms. The number of aliphatic hydroxyl groups is 1. The number of sulfonamides is 1. The maximum absolute atomic E-state index is 13.7. The fraction of sp³-hybridized carbons (Fsp3) is 0.429. The van der Waals surface area contributed by atoms with Gasteiger partial charge in [-0.2, -0.15) is 4.31 Å². The summed E-state index contributed by atoms with van der Waals surface area (Å²) in [5.74, 6) is -0.0659. The third-order valence-electron chi connectivity index (χ3n) is 6.54. The predicted molar refractivity (Wildman–Crippen MR) is 146 cm³/mol. The van der Waals surface area contributed by atoms with E-state index in [4.69, 9.17) is 4.74 Å². The second kappa shape index (κ2) is 14.1. The summed E-state index contributed by atoms with van der Waals surface area (Å²) in [4.78, 5) is 23.7. The molecule has 3 N–H and O–H groups in total. The fourth-order valence-electron chi connectivity index (χ4n) is 4.63. The summed E-state index contributed by atoms with van der Waals surface area (Å²) in [6, 6.07) is 14.5. The Labute approximate surface area is 224 Å². The van der Waals surface area contributed by atoms with Crippen LogP contribution in [-0.4, -0.2) is 61.7 Å². The van der Waals surface area contributed by atoms with Gasteiger partial charge in [0.15, 0.2) is 0 Å². The lowest BCUT2D eigenvalue weighted by Crippen LogP contribution is -2.51. The van der Waals surface area contributed by atoms with Crippen LogP contribution < -0.4 is 10.6 Å². The molecular weight excluding hydrogens is 506 g/mol. The molecule has 1 aliphatic rings. The molecule has 1 unspecified atom stereocenters. The van der Waals surface area contributed by atoms with Crippen molar-refractivity contribution in [3.05, 3.63) is 72.8 Å². The molecule has 1 fully saturated rings. The Morgan fingerprint density at radius 2 is 1.79 bits per heavy atom. The van der Waals surface area contributed by atoms with Crippen molar-refractivity contribution in [3.8, 4) is 0 Å². The number of hydrogen-bond acceptors (Lipinski definition) is 6. The maximum Gasteiger partial charge on any atom is 0.407 e. The van der Waals surface area contributed by atoms with Gasteiger partial charge in [-0.25, -0.2) is 13.2 Å². The van der Waals surface area contributed by atoms with Crippen molar-refractivity contribution in [2.24, 2.45) is 5.92 Å². The highest BCUT2D eigenvalue weighted by atomic mass is 32.2. The molecule has 1 aliphatic carbocycles. The summed E-state index contributed by atoms with van der Waals surface area (Å²) in [5.41, 5.74) is 1.36. The second-order valence-electron chi connectivity index (χ2n) is 9.57. The molecule has 0 radical (unpaired) electrons. The van der Waals surface area contributed by atoms with Crippen LogP contribution in [0.2, 0.25) is 0 Å². The van der Waals surface area contributed by atoms with E-state index in [0.29, 0.717) is 5.69 Å². The zero-order chi connectivity index (χ0) is 27.5. The molecule has 206 valence electrons. The lowest BCUT2D eigenvalue weighted by Gasteiger charge is -2.31. The first kappa shape index (κ1) is 29.3. The van der Waals surface area contributed by atoms with E-state index in [1.165, 1.54) is 41.6 Å². The molecule has 0 saturated heterocycles. The van der Waals surface area contributed by atoms with Crippen LogP contribution in [0, 0.1) is 5.92 Å². The number of ether oxygens (including phenoxy) is 1. The molecule has 2 amide bonds. The van der Waals surface area contributed by atoms with Crippen molar-refractivity contribution in [3.63, 3.8) is 0 Å². The van der Waals surface area contributed by atoms with E-state index in [-0.39, 0.29) is 42.8 Å². The summed E-state index contributed by atoms with van der Waals surface area (Å²) < 4.78 is 33.8. The van der Waals surface area contributed by atoms with E-state index in [0.717, 1.165) is 31.2 Å². The van der Waals surface area contributed by atoms with E-state index in [1.54, 1.807) is 0 Å². The molecule has 0 aromatic heterocycles. The third-order valence-corrected chi connectivity index (χ3v) is 8.38. The monoisotopic (exact) mass is 543 g/mol. The molecule has 2 aromatic rings. The number of carbonyl (C=O) groups is 2. The van der Waals surface area contributed by atoms with E-state index in [9.17, 15) is 23.1 Å². The lowest BCUT2D eigenvalue weighted by atomic mass is 10.0. The van der Waals surface area contributed by atoms with Crippen LogP contribution in [0.3, 0.4) is 0 Å². The molecular formula is C28H37N3O6S. The number of nitrogens with one attached hydrogen (secondary N) is 2. The van der Waals surface area contributed by atoms with Crippen LogP contribution in [0.25, 0.3) is 0 Å². The standard InChI is InChI=1S/C28H37N3O6S/c1-3-17-37-28(34)30-26(18-22-9-5-4-6-10-22)27(33)20-31(19-23-11-7-8-12-23)38(35,36)25-15-13-24(14-16-25)29-21(2)32/h3-6,9-10,13-16,23,26-27,33H,1,7-8,11-12,17-20H2,2H3,(H,29,32)(H,30,34)/t26?,27-/m0/s1. The smallest absolute Gasteiger partial charge is 0.407 e. The van der Waals surface area contributed by atoms with E-state index >= 15 is 0 Å². The van der Waals surface area contributed by atoms with Gasteiger partial charge in [0.1, 0.15) is 6.61 Å². The topological polar surface area (TPSA) is 125 Å². The molecule has 10 heteroatoms. The van der Waals surface area contributed by atoms with E-state index in [2.05, 4.69) is 17.2 Å². The van der Waals surface area contributed by atoms with E-state index < -0.39 is 28.3 Å². The van der Waals surface area contributed by atoms with Crippen molar-refractivity contribution in [1.82, 2.24) is 9.62 Å².